The molecule has 215 valence electrons. The molecule has 5 heterocycles. The van der Waals surface area contributed by atoms with Crippen molar-refractivity contribution in [3.8, 4) is 5.69 Å². The first-order valence-electron chi connectivity index (χ1n) is 14.4. The summed E-state index contributed by atoms with van der Waals surface area (Å²) in [6, 6.07) is 8.71. The Hall–Kier alpha value is -3.31. The van der Waals surface area contributed by atoms with E-state index >= 15 is 0 Å². The number of alkyl halides is 3. The summed E-state index contributed by atoms with van der Waals surface area (Å²) in [4.78, 5) is 15.8. The van der Waals surface area contributed by atoms with Gasteiger partial charge in [-0.3, -0.25) is 13.9 Å². The minimum absolute atomic E-state index is 0.00436. The van der Waals surface area contributed by atoms with Gasteiger partial charge in [0.15, 0.2) is 0 Å². The van der Waals surface area contributed by atoms with E-state index in [1.807, 2.05) is 29.8 Å². The molecule has 0 N–H and O–H groups in total. The van der Waals surface area contributed by atoms with Crippen molar-refractivity contribution in [1.29, 1.82) is 0 Å². The second-order valence-electron chi connectivity index (χ2n) is 11.9. The molecule has 7 rings (SSSR count). The van der Waals surface area contributed by atoms with Gasteiger partial charge in [-0.05, 0) is 72.5 Å². The fourth-order valence-electron chi connectivity index (χ4n) is 6.75. The van der Waals surface area contributed by atoms with E-state index in [9.17, 15) is 18.0 Å². The van der Waals surface area contributed by atoms with Crippen LogP contribution in [0.4, 0.5) is 13.2 Å². The number of piperidine rings is 1. The van der Waals surface area contributed by atoms with Crippen LogP contribution in [0.3, 0.4) is 0 Å². The van der Waals surface area contributed by atoms with Crippen LogP contribution in [0.1, 0.15) is 61.1 Å². The van der Waals surface area contributed by atoms with Gasteiger partial charge in [0.25, 0.3) is 0 Å². The Morgan fingerprint density at radius 3 is 2.54 bits per heavy atom. The molecular formula is C30H33F3N6O2+. The summed E-state index contributed by atoms with van der Waals surface area (Å²) in [5.41, 5.74) is 0.454. The maximum absolute atomic E-state index is 14.3. The summed E-state index contributed by atoms with van der Waals surface area (Å²) in [6.07, 6.45) is 6.89. The smallest absolute Gasteiger partial charge is 0.375 e. The van der Waals surface area contributed by atoms with E-state index in [-0.39, 0.29) is 17.0 Å². The van der Waals surface area contributed by atoms with E-state index < -0.39 is 17.4 Å². The maximum Gasteiger partial charge on any atom is 0.418 e. The summed E-state index contributed by atoms with van der Waals surface area (Å²) in [5, 5.41) is 8.43. The zero-order chi connectivity index (χ0) is 28.4. The van der Waals surface area contributed by atoms with Crippen molar-refractivity contribution in [3.63, 3.8) is 0 Å². The number of aromatic nitrogens is 2. The zero-order valence-electron chi connectivity index (χ0n) is 23.0. The third-order valence-corrected chi connectivity index (χ3v) is 9.42. The molecule has 0 amide bonds. The minimum atomic E-state index is -4.60. The largest absolute Gasteiger partial charge is 0.418 e. The van der Waals surface area contributed by atoms with Crippen molar-refractivity contribution in [2.24, 2.45) is 16.1 Å². The molecule has 1 radical (unpaired) electrons. The lowest BCUT2D eigenvalue weighted by molar-refractivity contribution is -0.480. The Labute approximate surface area is 235 Å². The van der Waals surface area contributed by atoms with Crippen LogP contribution in [-0.4, -0.2) is 57.1 Å². The summed E-state index contributed by atoms with van der Waals surface area (Å²) >= 11 is 0. The molecule has 1 atom stereocenters. The molecule has 1 spiro atoms. The van der Waals surface area contributed by atoms with Gasteiger partial charge in [0.1, 0.15) is 0 Å². The number of pyridine rings is 1. The van der Waals surface area contributed by atoms with Crippen molar-refractivity contribution in [1.82, 2.24) is 13.9 Å². The Bertz CT molecular complexity index is 1590. The van der Waals surface area contributed by atoms with Crippen LogP contribution in [0.5, 0.6) is 0 Å². The summed E-state index contributed by atoms with van der Waals surface area (Å²) in [7, 11) is 1.91. The summed E-state index contributed by atoms with van der Waals surface area (Å²) in [5.74, 6) is 0.396. The second kappa shape index (κ2) is 9.90. The van der Waals surface area contributed by atoms with E-state index in [0.29, 0.717) is 23.7 Å². The maximum atomic E-state index is 14.3. The highest BCUT2D eigenvalue weighted by molar-refractivity contribution is 5.58. The van der Waals surface area contributed by atoms with Gasteiger partial charge < -0.3 is 4.74 Å². The molecule has 1 aliphatic carbocycles. The van der Waals surface area contributed by atoms with E-state index in [4.69, 9.17) is 4.74 Å². The van der Waals surface area contributed by atoms with Gasteiger partial charge in [0.05, 0.1) is 47.1 Å². The molecule has 3 aromatic rings. The molecule has 3 aliphatic heterocycles. The number of rotatable bonds is 6. The number of azo groups is 1. The van der Waals surface area contributed by atoms with Crippen molar-refractivity contribution in [3.05, 3.63) is 76.1 Å². The number of imidazole rings is 1. The average Bonchev–Trinajstić information content (AvgIpc) is 3.47. The number of nitrogens with zero attached hydrogens (tertiary/aromatic N) is 6. The molecule has 2 saturated heterocycles. The van der Waals surface area contributed by atoms with Gasteiger partial charge >= 0.3 is 24.4 Å². The van der Waals surface area contributed by atoms with E-state index in [1.165, 1.54) is 16.8 Å². The highest BCUT2D eigenvalue weighted by Crippen LogP contribution is 2.46. The number of hydrogen-bond donors (Lipinski definition) is 0. The Balaban J connectivity index is 1.24. The summed E-state index contributed by atoms with van der Waals surface area (Å²) in [6.45, 7) is 2.66. The molecule has 1 aromatic carbocycles. The highest BCUT2D eigenvalue weighted by Gasteiger charge is 2.43. The minimum Gasteiger partial charge on any atom is -0.375 e. The number of benzene rings is 1. The number of likely N-dealkylation sites (tertiary alicyclic amines) is 1. The van der Waals surface area contributed by atoms with Gasteiger partial charge in [-0.2, -0.15) is 13.2 Å². The lowest BCUT2D eigenvalue weighted by Gasteiger charge is -2.47. The zero-order valence-corrected chi connectivity index (χ0v) is 23.0. The van der Waals surface area contributed by atoms with E-state index in [1.54, 1.807) is 18.6 Å². The lowest BCUT2D eigenvalue weighted by atomic mass is 9.71. The molecular weight excluding hydrogens is 533 g/mol. The third kappa shape index (κ3) is 4.72. The van der Waals surface area contributed by atoms with Gasteiger partial charge in [0.2, 0.25) is 0 Å². The van der Waals surface area contributed by atoms with Crippen LogP contribution < -0.4 is 5.69 Å². The second-order valence-corrected chi connectivity index (χ2v) is 11.9. The van der Waals surface area contributed by atoms with Crippen LogP contribution in [0, 0.1) is 12.1 Å². The third-order valence-electron chi connectivity index (χ3n) is 9.42. The number of ether oxygens (including phenoxy) is 1. The predicted molar refractivity (Wildman–Crippen MR) is 146 cm³/mol. The summed E-state index contributed by atoms with van der Waals surface area (Å²) < 4.78 is 53.1. The van der Waals surface area contributed by atoms with Crippen molar-refractivity contribution < 1.29 is 22.5 Å². The molecule has 0 bridgehead atoms. The van der Waals surface area contributed by atoms with Gasteiger partial charge in [-0.25, -0.2) is 9.37 Å². The molecule has 1 saturated carbocycles. The fourth-order valence-corrected chi connectivity index (χ4v) is 6.75. The number of halogens is 3. The van der Waals surface area contributed by atoms with E-state index in [0.717, 1.165) is 74.4 Å². The van der Waals surface area contributed by atoms with Gasteiger partial charge in [0, 0.05) is 32.0 Å². The van der Waals surface area contributed by atoms with Crippen LogP contribution in [0.2, 0.25) is 0 Å². The molecule has 2 aromatic heterocycles. The van der Waals surface area contributed by atoms with Crippen LogP contribution in [-0.2, 0) is 17.5 Å². The van der Waals surface area contributed by atoms with Crippen LogP contribution >= 0.6 is 0 Å². The predicted octanol–water partition coefficient (Wildman–Crippen LogP) is 5.37. The molecule has 4 aliphatic rings. The standard InChI is InChI=1S/C30H33F3N6O2/c1-36-19-34-35-27(36)26(21-4-2-5-21)22-6-3-7-23(15-22)38-18-25-24(30(31,32)33)14-20(17-39(25)28(38)40)16-37-11-8-29(9-12-37)10-13-41-29/h3,6-7,14-15,17-19,21,26H,2,4-5,8-13,16H2,1H3/q+1/t26-/m1/s1. The Morgan fingerprint density at radius 1 is 1.15 bits per heavy atom. The van der Waals surface area contributed by atoms with Gasteiger partial charge in [-0.15, -0.1) is 0 Å². The first-order chi connectivity index (χ1) is 19.7. The van der Waals surface area contributed by atoms with Gasteiger partial charge in [-0.1, -0.05) is 18.6 Å². The van der Waals surface area contributed by atoms with Crippen molar-refractivity contribution >= 4 is 11.9 Å². The quantitative estimate of drug-likeness (QED) is 0.377. The lowest BCUT2D eigenvalue weighted by Crippen LogP contribution is -2.52. The number of fused-ring (bicyclic) bond motifs is 1. The molecule has 11 heteroatoms. The SMILES string of the molecule is C[N+]1=CN=N[C]1[C@@H](c1cccc(-n2cc3c(C(F)(F)F)cc(CN4CCC5(CCO5)CC4)cn3c2=O)c1)C1CCC1. The topological polar surface area (TPSA) is 66.6 Å². The molecule has 3 fully saturated rings. The Kier molecular flexibility index (Phi) is 6.42. The number of hydrogen-bond acceptors (Lipinski definition) is 5. The first kappa shape index (κ1) is 26.6. The van der Waals surface area contributed by atoms with Crippen molar-refractivity contribution in [2.45, 2.75) is 62.8 Å². The molecule has 0 unspecified atom stereocenters. The molecule has 8 nitrogen and oxygen atoms in total. The number of likely N-dealkylation sites (N-methyl/N-ethyl adjacent to an activating group) is 1. The average molecular weight is 567 g/mol. The Morgan fingerprint density at radius 2 is 1.93 bits per heavy atom. The fraction of sp³-hybridized carbons (Fsp3) is 0.500. The van der Waals surface area contributed by atoms with Crippen molar-refractivity contribution in [2.75, 3.05) is 26.7 Å². The van der Waals surface area contributed by atoms with Crippen LogP contribution in [0.15, 0.2) is 57.7 Å². The normalized spacial score (nSPS) is 22.2. The van der Waals surface area contributed by atoms with Crippen LogP contribution in [0.25, 0.3) is 11.2 Å². The monoisotopic (exact) mass is 566 g/mol. The highest BCUT2D eigenvalue weighted by atomic mass is 19.4. The first-order valence-corrected chi connectivity index (χ1v) is 14.4. The van der Waals surface area contributed by atoms with E-state index in [2.05, 4.69) is 15.1 Å². The molecule has 41 heavy (non-hydrogen) atoms.